The number of rotatable bonds is 4. The van der Waals surface area contributed by atoms with Crippen molar-refractivity contribution in [3.63, 3.8) is 0 Å². The van der Waals surface area contributed by atoms with Crippen LogP contribution >= 0.6 is 0 Å². The third-order valence-corrected chi connectivity index (χ3v) is 2.91. The summed E-state index contributed by atoms with van der Waals surface area (Å²) in [6.07, 6.45) is 0.719. The van der Waals surface area contributed by atoms with E-state index in [1.165, 1.54) is 24.3 Å². The molecule has 1 aromatic rings. The fourth-order valence-electron chi connectivity index (χ4n) is 1.73. The molecule has 3 N–H and O–H groups in total. The molecule has 1 aromatic carbocycles. The summed E-state index contributed by atoms with van der Waals surface area (Å²) >= 11 is 0. The Labute approximate surface area is 108 Å². The average molecular weight is 252 g/mol. The first kappa shape index (κ1) is 14.6. The van der Waals surface area contributed by atoms with E-state index in [1.54, 1.807) is 0 Å². The zero-order valence-electron chi connectivity index (χ0n) is 11.2. The molecule has 4 heteroatoms. The highest BCUT2D eigenvalue weighted by Crippen LogP contribution is 2.21. The monoisotopic (exact) mass is 252 g/mol. The van der Waals surface area contributed by atoms with E-state index in [4.69, 9.17) is 5.73 Å². The number of carbonyl (C=O) groups is 1. The van der Waals surface area contributed by atoms with E-state index >= 15 is 0 Å². The molecule has 0 saturated carbocycles. The largest absolute Gasteiger partial charge is 0.349 e. The molecule has 0 bridgehead atoms. The number of halogens is 1. The van der Waals surface area contributed by atoms with Crippen molar-refractivity contribution in [1.82, 2.24) is 5.32 Å². The van der Waals surface area contributed by atoms with Gasteiger partial charge in [0.2, 0.25) is 0 Å². The second-order valence-electron chi connectivity index (χ2n) is 5.48. The Balaban J connectivity index is 2.75. The van der Waals surface area contributed by atoms with Gasteiger partial charge in [-0.05, 0) is 42.6 Å². The van der Waals surface area contributed by atoms with Crippen LogP contribution in [0.2, 0.25) is 0 Å². The summed E-state index contributed by atoms with van der Waals surface area (Å²) in [6, 6.07) is 5.52. The lowest BCUT2D eigenvalue weighted by Crippen LogP contribution is -2.44. The average Bonchev–Trinajstić information content (AvgIpc) is 2.28. The topological polar surface area (TPSA) is 55.1 Å². The van der Waals surface area contributed by atoms with Gasteiger partial charge in [-0.25, -0.2) is 4.39 Å². The molecule has 0 aromatic heterocycles. The Morgan fingerprint density at radius 2 is 1.89 bits per heavy atom. The normalized spacial score (nSPS) is 13.2. The van der Waals surface area contributed by atoms with Crippen molar-refractivity contribution >= 4 is 5.91 Å². The third-order valence-electron chi connectivity index (χ3n) is 2.91. The molecule has 1 rings (SSSR count). The minimum absolute atomic E-state index is 0.0000491. The van der Waals surface area contributed by atoms with Gasteiger partial charge in [0, 0.05) is 11.6 Å². The van der Waals surface area contributed by atoms with Crippen LogP contribution in [-0.4, -0.2) is 18.5 Å². The van der Waals surface area contributed by atoms with Crippen LogP contribution in [0, 0.1) is 11.2 Å². The van der Waals surface area contributed by atoms with E-state index in [0.29, 0.717) is 12.1 Å². The molecule has 0 aliphatic carbocycles. The fraction of sp³-hybridized carbons (Fsp3) is 0.500. The molecule has 0 spiro atoms. The number of benzene rings is 1. The molecule has 1 amide bonds. The van der Waals surface area contributed by atoms with E-state index in [1.807, 2.05) is 0 Å². The standard InChI is InChI=1S/C14H21FN2O/c1-14(2,3)12(8-9-16)17-13(18)10-4-6-11(15)7-5-10/h4-7,12H,8-9,16H2,1-3H3,(H,17,18). The first-order chi connectivity index (χ1) is 8.34. The van der Waals surface area contributed by atoms with Crippen LogP contribution < -0.4 is 11.1 Å². The zero-order chi connectivity index (χ0) is 13.8. The van der Waals surface area contributed by atoms with E-state index in [9.17, 15) is 9.18 Å². The Kier molecular flexibility index (Phi) is 4.84. The second kappa shape index (κ2) is 5.96. The lowest BCUT2D eigenvalue weighted by molar-refractivity contribution is 0.0899. The number of hydrogen-bond donors (Lipinski definition) is 2. The van der Waals surface area contributed by atoms with E-state index in [2.05, 4.69) is 26.1 Å². The summed E-state index contributed by atoms with van der Waals surface area (Å²) in [5.41, 5.74) is 5.96. The van der Waals surface area contributed by atoms with E-state index in [0.717, 1.165) is 6.42 Å². The number of amides is 1. The first-order valence-corrected chi connectivity index (χ1v) is 6.11. The summed E-state index contributed by atoms with van der Waals surface area (Å²) < 4.78 is 12.8. The molecule has 0 fully saturated rings. The number of nitrogens with two attached hydrogens (primary N) is 1. The van der Waals surface area contributed by atoms with Gasteiger partial charge < -0.3 is 11.1 Å². The van der Waals surface area contributed by atoms with Gasteiger partial charge in [-0.3, -0.25) is 4.79 Å². The van der Waals surface area contributed by atoms with Crippen LogP contribution in [0.4, 0.5) is 4.39 Å². The summed E-state index contributed by atoms with van der Waals surface area (Å²) in [4.78, 5) is 12.0. The highest BCUT2D eigenvalue weighted by molar-refractivity contribution is 5.94. The van der Waals surface area contributed by atoms with Crippen molar-refractivity contribution in [3.8, 4) is 0 Å². The zero-order valence-corrected chi connectivity index (χ0v) is 11.2. The molecule has 0 aliphatic heterocycles. The fourth-order valence-corrected chi connectivity index (χ4v) is 1.73. The molecule has 100 valence electrons. The van der Waals surface area contributed by atoms with Crippen molar-refractivity contribution in [2.24, 2.45) is 11.1 Å². The summed E-state index contributed by atoms with van der Waals surface area (Å²) in [6.45, 7) is 6.68. The van der Waals surface area contributed by atoms with Crippen LogP contribution in [0.25, 0.3) is 0 Å². The minimum Gasteiger partial charge on any atom is -0.349 e. The van der Waals surface area contributed by atoms with Crippen LogP contribution in [0.15, 0.2) is 24.3 Å². The molecule has 3 nitrogen and oxygen atoms in total. The van der Waals surface area contributed by atoms with Crippen LogP contribution in [-0.2, 0) is 0 Å². The summed E-state index contributed by atoms with van der Waals surface area (Å²) in [5, 5.41) is 2.95. The van der Waals surface area contributed by atoms with Gasteiger partial charge in [-0.15, -0.1) is 0 Å². The molecular formula is C14H21FN2O. The highest BCUT2D eigenvalue weighted by atomic mass is 19.1. The van der Waals surface area contributed by atoms with Crippen LogP contribution in [0.1, 0.15) is 37.6 Å². The Bertz CT molecular complexity index is 395. The molecule has 1 unspecified atom stereocenters. The van der Waals surface area contributed by atoms with E-state index in [-0.39, 0.29) is 23.2 Å². The van der Waals surface area contributed by atoms with Gasteiger partial charge in [-0.1, -0.05) is 20.8 Å². The number of carbonyl (C=O) groups excluding carboxylic acids is 1. The molecule has 0 radical (unpaired) electrons. The lowest BCUT2D eigenvalue weighted by Gasteiger charge is -2.31. The van der Waals surface area contributed by atoms with E-state index < -0.39 is 0 Å². The maximum absolute atomic E-state index is 12.8. The SMILES string of the molecule is CC(C)(C)C(CCN)NC(=O)c1ccc(F)cc1. The van der Waals surface area contributed by atoms with Crippen molar-refractivity contribution in [3.05, 3.63) is 35.6 Å². The lowest BCUT2D eigenvalue weighted by atomic mass is 9.84. The first-order valence-electron chi connectivity index (χ1n) is 6.11. The van der Waals surface area contributed by atoms with Gasteiger partial charge in [0.15, 0.2) is 0 Å². The van der Waals surface area contributed by atoms with Gasteiger partial charge >= 0.3 is 0 Å². The number of hydrogen-bond acceptors (Lipinski definition) is 2. The predicted molar refractivity (Wildman–Crippen MR) is 70.8 cm³/mol. The molecule has 0 heterocycles. The Morgan fingerprint density at radius 3 is 2.33 bits per heavy atom. The summed E-state index contributed by atoms with van der Waals surface area (Å²) in [7, 11) is 0. The second-order valence-corrected chi connectivity index (χ2v) is 5.48. The molecule has 18 heavy (non-hydrogen) atoms. The molecular weight excluding hydrogens is 231 g/mol. The van der Waals surface area contributed by atoms with Crippen LogP contribution in [0.5, 0.6) is 0 Å². The maximum atomic E-state index is 12.8. The Morgan fingerprint density at radius 1 is 1.33 bits per heavy atom. The van der Waals surface area contributed by atoms with Crippen molar-refractivity contribution < 1.29 is 9.18 Å². The van der Waals surface area contributed by atoms with Crippen molar-refractivity contribution in [2.75, 3.05) is 6.54 Å². The minimum atomic E-state index is -0.346. The van der Waals surface area contributed by atoms with Crippen molar-refractivity contribution in [1.29, 1.82) is 0 Å². The maximum Gasteiger partial charge on any atom is 0.251 e. The predicted octanol–water partition coefficient (Wildman–Crippen LogP) is 2.32. The van der Waals surface area contributed by atoms with Gasteiger partial charge in [0.25, 0.3) is 5.91 Å². The quantitative estimate of drug-likeness (QED) is 0.864. The van der Waals surface area contributed by atoms with Crippen molar-refractivity contribution in [2.45, 2.75) is 33.2 Å². The smallest absolute Gasteiger partial charge is 0.251 e. The molecule has 1 atom stereocenters. The Hall–Kier alpha value is -1.42. The van der Waals surface area contributed by atoms with Crippen LogP contribution in [0.3, 0.4) is 0 Å². The molecule has 0 saturated heterocycles. The number of nitrogens with one attached hydrogen (secondary N) is 1. The van der Waals surface area contributed by atoms with Gasteiger partial charge in [0.05, 0.1) is 0 Å². The summed E-state index contributed by atoms with van der Waals surface area (Å²) in [5.74, 6) is -0.538. The van der Waals surface area contributed by atoms with Gasteiger partial charge in [-0.2, -0.15) is 0 Å². The molecule has 0 aliphatic rings. The third kappa shape index (κ3) is 4.11. The van der Waals surface area contributed by atoms with Gasteiger partial charge in [0.1, 0.15) is 5.82 Å². The highest BCUT2D eigenvalue weighted by Gasteiger charge is 2.25.